The summed E-state index contributed by atoms with van der Waals surface area (Å²) in [6.07, 6.45) is 1.54. The molecular weight excluding hydrogens is 218 g/mol. The van der Waals surface area contributed by atoms with E-state index in [1.54, 1.807) is 12.3 Å². The fourth-order valence-electron chi connectivity index (χ4n) is 0.250. The first-order valence-corrected chi connectivity index (χ1v) is 2.17. The Balaban J connectivity index is 0.000000490. The monoisotopic (exact) mass is 220 g/mol. The topological polar surface area (TPSA) is 41.6 Å². The summed E-state index contributed by atoms with van der Waals surface area (Å²) >= 11 is 4.65. The van der Waals surface area contributed by atoms with E-state index in [2.05, 4.69) is 27.6 Å². The van der Waals surface area contributed by atoms with Crippen molar-refractivity contribution in [3.8, 4) is 0 Å². The van der Waals surface area contributed by atoms with Gasteiger partial charge in [-0.15, -0.1) is 5.10 Å². The van der Waals surface area contributed by atoms with Crippen molar-refractivity contribution in [3.05, 3.63) is 16.9 Å². The molecule has 3 nitrogen and oxygen atoms in total. The summed E-state index contributed by atoms with van der Waals surface area (Å²) in [5.74, 6) is 0. The number of rotatable bonds is 0. The Bertz CT molecular complexity index is 180. The minimum atomic E-state index is 0. The van der Waals surface area contributed by atoms with Crippen LogP contribution >= 0.6 is 12.2 Å². The molecule has 0 bridgehead atoms. The van der Waals surface area contributed by atoms with Gasteiger partial charge in [0.05, 0.1) is 6.20 Å². The first kappa shape index (κ1) is 7.97. The van der Waals surface area contributed by atoms with Gasteiger partial charge in [-0.05, 0) is 6.07 Å². The molecule has 1 rings (SSSR count). The second-order valence-corrected chi connectivity index (χ2v) is 1.45. The molecule has 0 spiro atoms. The summed E-state index contributed by atoms with van der Waals surface area (Å²) in [7, 11) is 0. The van der Waals surface area contributed by atoms with E-state index in [-0.39, 0.29) is 22.4 Å². The van der Waals surface area contributed by atoms with Crippen LogP contribution in [0.15, 0.2) is 12.3 Å². The Morgan fingerprint density at radius 1 is 1.62 bits per heavy atom. The predicted octanol–water partition coefficient (Wildman–Crippen LogP) is 0.532. The van der Waals surface area contributed by atoms with Crippen molar-refractivity contribution in [2.24, 2.45) is 0 Å². The van der Waals surface area contributed by atoms with Gasteiger partial charge in [-0.25, -0.2) is 5.10 Å². The molecule has 1 aromatic rings. The van der Waals surface area contributed by atoms with Gasteiger partial charge in [0.1, 0.15) is 4.64 Å². The van der Waals surface area contributed by atoms with Crippen molar-refractivity contribution in [2.45, 2.75) is 0 Å². The van der Waals surface area contributed by atoms with Crippen LogP contribution in [0.25, 0.3) is 0 Å². The molecule has 0 atom stereocenters. The molecule has 0 aliphatic carbocycles. The van der Waals surface area contributed by atoms with Crippen molar-refractivity contribution in [3.63, 3.8) is 0 Å². The van der Waals surface area contributed by atoms with Crippen LogP contribution in [0.4, 0.5) is 0 Å². The van der Waals surface area contributed by atoms with Gasteiger partial charge in [-0.3, -0.25) is 0 Å². The number of nitrogens with one attached hydrogen (secondary N) is 1. The van der Waals surface area contributed by atoms with Gasteiger partial charge in [0.2, 0.25) is 0 Å². The standard InChI is InChI=1S/C3H3N3S.Ag/c7-3-1-2-4-6-5-3;/h1-2H,(H,4,5,7);/q;+1. The Kier molecular flexibility index (Phi) is 3.90. The van der Waals surface area contributed by atoms with Crippen molar-refractivity contribution in [1.82, 2.24) is 15.4 Å². The molecule has 5 heteroatoms. The predicted molar refractivity (Wildman–Crippen MR) is 27.2 cm³/mol. The van der Waals surface area contributed by atoms with Crippen LogP contribution in [0, 0.1) is 4.64 Å². The number of aromatic amines is 1. The van der Waals surface area contributed by atoms with Gasteiger partial charge in [0.15, 0.2) is 0 Å². The average Bonchev–Trinajstić information content (AvgIpc) is 1.69. The average molecular weight is 221 g/mol. The molecule has 0 aromatic carbocycles. The third kappa shape index (κ3) is 2.32. The molecule has 0 aliphatic heterocycles. The molecule has 8 heavy (non-hydrogen) atoms. The maximum Gasteiger partial charge on any atom is 1.00 e. The molecule has 0 fully saturated rings. The van der Waals surface area contributed by atoms with E-state index >= 15 is 0 Å². The number of hydrogen-bond donors (Lipinski definition) is 1. The fraction of sp³-hybridized carbons (Fsp3) is 0. The van der Waals surface area contributed by atoms with E-state index in [1.807, 2.05) is 0 Å². The van der Waals surface area contributed by atoms with Crippen molar-refractivity contribution >= 4 is 12.2 Å². The van der Waals surface area contributed by atoms with Crippen molar-refractivity contribution in [2.75, 3.05) is 0 Å². The van der Waals surface area contributed by atoms with E-state index in [1.165, 1.54) is 0 Å². The summed E-state index contributed by atoms with van der Waals surface area (Å²) in [5, 5.41) is 9.36. The van der Waals surface area contributed by atoms with Gasteiger partial charge >= 0.3 is 22.4 Å². The summed E-state index contributed by atoms with van der Waals surface area (Å²) in [6, 6.07) is 1.67. The molecule has 46 valence electrons. The van der Waals surface area contributed by atoms with Crippen LogP contribution < -0.4 is 0 Å². The zero-order valence-corrected chi connectivity index (χ0v) is 6.06. The van der Waals surface area contributed by atoms with Crippen LogP contribution in [0.2, 0.25) is 0 Å². The maximum absolute atomic E-state index is 4.65. The molecule has 0 amide bonds. The Morgan fingerprint density at radius 2 is 2.38 bits per heavy atom. The fourth-order valence-corrected chi connectivity index (χ4v) is 0.351. The number of nitrogens with zero attached hydrogens (tertiary/aromatic N) is 2. The molecule has 0 radical (unpaired) electrons. The quantitative estimate of drug-likeness (QED) is 0.513. The van der Waals surface area contributed by atoms with Crippen LogP contribution in [0.5, 0.6) is 0 Å². The number of aromatic nitrogens is 3. The number of hydrogen-bond acceptors (Lipinski definition) is 3. The van der Waals surface area contributed by atoms with Crippen LogP contribution in [0.3, 0.4) is 0 Å². The molecule has 0 saturated carbocycles. The van der Waals surface area contributed by atoms with E-state index < -0.39 is 0 Å². The Hall–Kier alpha value is -0.0297. The van der Waals surface area contributed by atoms with Crippen LogP contribution in [-0.4, -0.2) is 15.4 Å². The molecule has 1 N–H and O–H groups in total. The Morgan fingerprint density at radius 3 is 2.62 bits per heavy atom. The molecule has 0 saturated heterocycles. The summed E-state index contributed by atoms with van der Waals surface area (Å²) < 4.78 is 0.606. The van der Waals surface area contributed by atoms with Crippen molar-refractivity contribution in [1.29, 1.82) is 0 Å². The summed E-state index contributed by atoms with van der Waals surface area (Å²) in [5.41, 5.74) is 0. The Labute approximate surface area is 67.0 Å². The largest absolute Gasteiger partial charge is 1.00 e. The molecule has 1 aromatic heterocycles. The minimum absolute atomic E-state index is 0. The maximum atomic E-state index is 4.65. The zero-order valence-electron chi connectivity index (χ0n) is 3.76. The summed E-state index contributed by atoms with van der Waals surface area (Å²) in [4.78, 5) is 0. The second kappa shape index (κ2) is 3.91. The van der Waals surface area contributed by atoms with Gasteiger partial charge in [0, 0.05) is 0 Å². The normalized spacial score (nSPS) is 7.50. The van der Waals surface area contributed by atoms with Crippen LogP contribution in [-0.2, 0) is 22.4 Å². The zero-order chi connectivity index (χ0) is 5.11. The van der Waals surface area contributed by atoms with Crippen LogP contribution in [0.1, 0.15) is 0 Å². The molecule has 1 heterocycles. The minimum Gasteiger partial charge on any atom is -0.249 e. The van der Waals surface area contributed by atoms with Crippen molar-refractivity contribution < 1.29 is 22.4 Å². The van der Waals surface area contributed by atoms with Gasteiger partial charge in [-0.2, -0.15) is 0 Å². The first-order chi connectivity index (χ1) is 3.39. The first-order valence-electron chi connectivity index (χ1n) is 1.76. The van der Waals surface area contributed by atoms with E-state index in [4.69, 9.17) is 0 Å². The van der Waals surface area contributed by atoms with E-state index in [0.717, 1.165) is 0 Å². The van der Waals surface area contributed by atoms with E-state index in [0.29, 0.717) is 4.64 Å². The molecule has 0 aliphatic rings. The van der Waals surface area contributed by atoms with E-state index in [9.17, 15) is 0 Å². The van der Waals surface area contributed by atoms with Gasteiger partial charge in [-0.1, -0.05) is 17.4 Å². The summed E-state index contributed by atoms with van der Waals surface area (Å²) in [6.45, 7) is 0. The molecular formula is C3H3AgN3S+. The smallest absolute Gasteiger partial charge is 0.249 e. The molecule has 0 unspecified atom stereocenters. The number of H-pyrrole nitrogens is 1. The third-order valence-electron chi connectivity index (χ3n) is 0.511. The third-order valence-corrected chi connectivity index (χ3v) is 0.738. The van der Waals surface area contributed by atoms with Gasteiger partial charge in [0.25, 0.3) is 0 Å². The SMILES string of the molecule is S=c1ccnn[nH]1.[Ag+]. The second-order valence-electron chi connectivity index (χ2n) is 1.01. The van der Waals surface area contributed by atoms with Gasteiger partial charge < -0.3 is 0 Å².